The van der Waals surface area contributed by atoms with Gasteiger partial charge in [-0.1, -0.05) is 31.9 Å². The first-order chi connectivity index (χ1) is 12.9. The second-order valence-corrected chi connectivity index (χ2v) is 7.96. The van der Waals surface area contributed by atoms with Crippen LogP contribution in [0.4, 0.5) is 0 Å². The fourth-order valence-corrected chi connectivity index (χ4v) is 3.89. The van der Waals surface area contributed by atoms with E-state index in [1.165, 1.54) is 0 Å². The maximum atomic E-state index is 13.0. The van der Waals surface area contributed by atoms with Gasteiger partial charge in [0.15, 0.2) is 0 Å². The molecule has 0 aliphatic carbocycles. The molecule has 1 aromatic carbocycles. The van der Waals surface area contributed by atoms with E-state index >= 15 is 0 Å². The number of hydrogen-bond acceptors (Lipinski definition) is 4. The number of aromatic hydroxyl groups is 1. The summed E-state index contributed by atoms with van der Waals surface area (Å²) in [5, 5.41) is 9.88. The summed E-state index contributed by atoms with van der Waals surface area (Å²) in [5.74, 6) is 0.751. The van der Waals surface area contributed by atoms with Gasteiger partial charge in [0.1, 0.15) is 11.5 Å². The van der Waals surface area contributed by atoms with Crippen LogP contribution < -0.4 is 0 Å². The third-order valence-electron chi connectivity index (χ3n) is 5.67. The van der Waals surface area contributed by atoms with Crippen LogP contribution in [0.3, 0.4) is 0 Å². The predicted octanol–water partition coefficient (Wildman–Crippen LogP) is 3.38. The van der Waals surface area contributed by atoms with Gasteiger partial charge in [0.2, 0.25) is 6.41 Å². The summed E-state index contributed by atoms with van der Waals surface area (Å²) >= 11 is 0. The summed E-state index contributed by atoms with van der Waals surface area (Å²) in [6, 6.07) is 5.84. The Morgan fingerprint density at radius 3 is 2.67 bits per heavy atom. The molecule has 0 unspecified atom stereocenters. The molecule has 2 rings (SSSR count). The molecule has 1 aliphatic heterocycles. The number of carbonyl (C=O) groups is 2. The molecule has 0 spiro atoms. The van der Waals surface area contributed by atoms with Crippen LogP contribution in [0.15, 0.2) is 18.2 Å². The molecule has 0 radical (unpaired) electrons. The van der Waals surface area contributed by atoms with Gasteiger partial charge >= 0.3 is 0 Å². The average Bonchev–Trinajstić information content (AvgIpc) is 2.67. The van der Waals surface area contributed by atoms with Crippen molar-refractivity contribution in [2.75, 3.05) is 26.7 Å². The second kappa shape index (κ2) is 10.5. The quantitative estimate of drug-likeness (QED) is 0.638. The number of hydrogen-bond donors (Lipinski definition) is 1. The van der Waals surface area contributed by atoms with Gasteiger partial charge in [-0.25, -0.2) is 0 Å². The number of carbonyl (C=O) groups excluding carboxylic acids is 2. The minimum atomic E-state index is -0.0363. The van der Waals surface area contributed by atoms with Crippen molar-refractivity contribution < 1.29 is 14.7 Å². The highest BCUT2D eigenvalue weighted by molar-refractivity contribution is 5.84. The van der Waals surface area contributed by atoms with Crippen molar-refractivity contribution in [1.29, 1.82) is 0 Å². The Hall–Kier alpha value is -1.88. The molecule has 5 heteroatoms. The van der Waals surface area contributed by atoms with E-state index in [1.54, 1.807) is 11.9 Å². The van der Waals surface area contributed by atoms with E-state index < -0.39 is 0 Å². The van der Waals surface area contributed by atoms with Gasteiger partial charge < -0.3 is 10.0 Å². The lowest BCUT2D eigenvalue weighted by Crippen LogP contribution is -2.40. The Balaban J connectivity index is 1.89. The number of amides is 1. The van der Waals surface area contributed by atoms with Crippen molar-refractivity contribution in [1.82, 2.24) is 9.80 Å². The standard InChI is InChI=1S/C22H34N2O3/c1-4-5-6-20(15-23(3)16-25)22(27)19-9-11-24(12-10-19)14-18-8-7-17(2)21(26)13-18/h7-8,13,16,19-20,26H,4-6,9-12,14-15H2,1-3H3/t20-/m1/s1. The van der Waals surface area contributed by atoms with E-state index in [-0.39, 0.29) is 11.8 Å². The van der Waals surface area contributed by atoms with E-state index in [0.29, 0.717) is 18.1 Å². The molecule has 1 amide bonds. The minimum absolute atomic E-state index is 0.0363. The number of piperidine rings is 1. The summed E-state index contributed by atoms with van der Waals surface area (Å²) in [7, 11) is 1.75. The lowest BCUT2D eigenvalue weighted by Gasteiger charge is -2.33. The lowest BCUT2D eigenvalue weighted by molar-refractivity contribution is -0.130. The van der Waals surface area contributed by atoms with Gasteiger partial charge in [0, 0.05) is 32.0 Å². The summed E-state index contributed by atoms with van der Waals surface area (Å²) < 4.78 is 0. The van der Waals surface area contributed by atoms with Crippen LogP contribution in [-0.2, 0) is 16.1 Å². The number of ketones is 1. The van der Waals surface area contributed by atoms with Gasteiger partial charge in [-0.05, 0) is 56.5 Å². The Morgan fingerprint density at radius 1 is 1.37 bits per heavy atom. The zero-order valence-corrected chi connectivity index (χ0v) is 17.0. The Kier molecular flexibility index (Phi) is 8.29. The topological polar surface area (TPSA) is 60.9 Å². The zero-order valence-electron chi connectivity index (χ0n) is 17.0. The molecule has 150 valence electrons. The first kappa shape index (κ1) is 21.4. The number of phenolic OH excluding ortho intramolecular Hbond substituents is 1. The molecule has 1 N–H and O–H groups in total. The number of unbranched alkanes of at least 4 members (excludes halogenated alkanes) is 1. The van der Waals surface area contributed by atoms with Crippen molar-refractivity contribution >= 4 is 12.2 Å². The molecule has 5 nitrogen and oxygen atoms in total. The lowest BCUT2D eigenvalue weighted by atomic mass is 9.83. The van der Waals surface area contributed by atoms with Gasteiger partial charge in [-0.3, -0.25) is 14.5 Å². The summed E-state index contributed by atoms with van der Waals surface area (Å²) in [6.45, 7) is 7.16. The minimum Gasteiger partial charge on any atom is -0.508 e. The Morgan fingerprint density at radius 2 is 2.07 bits per heavy atom. The van der Waals surface area contributed by atoms with E-state index in [1.807, 2.05) is 19.1 Å². The molecule has 1 atom stereocenters. The van der Waals surface area contributed by atoms with E-state index in [4.69, 9.17) is 0 Å². The van der Waals surface area contributed by atoms with Crippen molar-refractivity contribution in [3.8, 4) is 5.75 Å². The molecule has 1 aliphatic rings. The number of rotatable bonds is 10. The third kappa shape index (κ3) is 6.35. The van der Waals surface area contributed by atoms with E-state index in [2.05, 4.69) is 17.9 Å². The highest BCUT2D eigenvalue weighted by Crippen LogP contribution is 2.26. The molecule has 0 bridgehead atoms. The van der Waals surface area contributed by atoms with Crippen LogP contribution in [0.2, 0.25) is 0 Å². The number of aryl methyl sites for hydroxylation is 1. The highest BCUT2D eigenvalue weighted by Gasteiger charge is 2.30. The summed E-state index contributed by atoms with van der Waals surface area (Å²) in [5.41, 5.74) is 2.00. The number of phenols is 1. The Bertz CT molecular complexity index is 624. The maximum Gasteiger partial charge on any atom is 0.209 e. The molecule has 27 heavy (non-hydrogen) atoms. The first-order valence-electron chi connectivity index (χ1n) is 10.1. The number of nitrogens with zero attached hydrogens (tertiary/aromatic N) is 2. The molecule has 0 aromatic heterocycles. The molecule has 1 saturated heterocycles. The fraction of sp³-hybridized carbons (Fsp3) is 0.636. The summed E-state index contributed by atoms with van der Waals surface area (Å²) in [6.07, 6.45) is 5.53. The van der Waals surface area contributed by atoms with Crippen molar-refractivity contribution in [2.45, 2.75) is 52.5 Å². The summed E-state index contributed by atoms with van der Waals surface area (Å²) in [4.78, 5) is 27.9. The first-order valence-corrected chi connectivity index (χ1v) is 10.1. The van der Waals surface area contributed by atoms with Gasteiger partial charge in [0.05, 0.1) is 0 Å². The fourth-order valence-electron chi connectivity index (χ4n) is 3.89. The zero-order chi connectivity index (χ0) is 19.8. The van der Waals surface area contributed by atoms with Gasteiger partial charge in [-0.2, -0.15) is 0 Å². The smallest absolute Gasteiger partial charge is 0.209 e. The van der Waals surface area contributed by atoms with Crippen molar-refractivity contribution in [2.24, 2.45) is 11.8 Å². The molecular formula is C22H34N2O3. The number of benzene rings is 1. The average molecular weight is 375 g/mol. The van der Waals surface area contributed by atoms with Gasteiger partial charge in [-0.15, -0.1) is 0 Å². The largest absolute Gasteiger partial charge is 0.508 e. The van der Waals surface area contributed by atoms with Crippen LogP contribution in [-0.4, -0.2) is 53.8 Å². The maximum absolute atomic E-state index is 13.0. The van der Waals surface area contributed by atoms with Crippen LogP contribution in [0.5, 0.6) is 5.75 Å². The Labute approximate surface area is 163 Å². The second-order valence-electron chi connectivity index (χ2n) is 7.96. The van der Waals surface area contributed by atoms with Crippen LogP contribution in [0.1, 0.15) is 50.2 Å². The molecule has 0 saturated carbocycles. The highest BCUT2D eigenvalue weighted by atomic mass is 16.3. The van der Waals surface area contributed by atoms with Gasteiger partial charge in [0.25, 0.3) is 0 Å². The molecule has 1 fully saturated rings. The van der Waals surface area contributed by atoms with E-state index in [9.17, 15) is 14.7 Å². The molecule has 1 aromatic rings. The molecular weight excluding hydrogens is 340 g/mol. The molecule has 1 heterocycles. The van der Waals surface area contributed by atoms with Crippen LogP contribution in [0.25, 0.3) is 0 Å². The predicted molar refractivity (Wildman–Crippen MR) is 108 cm³/mol. The third-order valence-corrected chi connectivity index (χ3v) is 5.67. The number of likely N-dealkylation sites (tertiary alicyclic amines) is 1. The van der Waals surface area contributed by atoms with Crippen molar-refractivity contribution in [3.05, 3.63) is 29.3 Å². The van der Waals surface area contributed by atoms with Crippen LogP contribution in [0, 0.1) is 18.8 Å². The number of Topliss-reactive ketones (excluding diaryl/α,β-unsaturated/α-hetero) is 1. The normalized spacial score (nSPS) is 16.9. The van der Waals surface area contributed by atoms with E-state index in [0.717, 1.165) is 69.3 Å². The SMILES string of the molecule is CCCC[C@H](CN(C)C=O)C(=O)C1CCN(Cc2ccc(C)c(O)c2)CC1. The monoisotopic (exact) mass is 374 g/mol. The van der Waals surface area contributed by atoms with Crippen LogP contribution >= 0.6 is 0 Å². The van der Waals surface area contributed by atoms with Crippen molar-refractivity contribution in [3.63, 3.8) is 0 Å².